The van der Waals surface area contributed by atoms with Crippen molar-refractivity contribution in [2.24, 2.45) is 0 Å². The molecule has 1 heterocycles. The summed E-state index contributed by atoms with van der Waals surface area (Å²) in [5, 5.41) is 2.68. The summed E-state index contributed by atoms with van der Waals surface area (Å²) in [7, 11) is 1.27. The van der Waals surface area contributed by atoms with E-state index in [0.29, 0.717) is 11.1 Å². The molecule has 0 saturated carbocycles. The smallest absolute Gasteiger partial charge is 0.307 e. The zero-order chi connectivity index (χ0) is 17.9. The Morgan fingerprint density at radius 1 is 1.33 bits per heavy atom. The molecule has 0 bridgehead atoms. The number of nitrogens with one attached hydrogen (secondary N) is 1. The number of carbonyl (C=O) groups excluding carboxylic acids is 2. The topological polar surface area (TPSA) is 64.6 Å². The van der Waals surface area contributed by atoms with E-state index in [0.717, 1.165) is 6.07 Å². The molecule has 7 heteroatoms. The lowest BCUT2D eigenvalue weighted by atomic mass is 9.93. The Hall–Kier alpha value is -2.44. The number of carbonyl (C=O) groups is 2. The van der Waals surface area contributed by atoms with E-state index in [4.69, 9.17) is 4.74 Å². The standard InChI is InChI=1S/C17H19F2NO4/c1-10(4-15(21)23-3)20-16(22)17(2)8-12(9-24-17)11-5-13(18)7-14(19)6-11/h5-7,9-10H,4,8H2,1-3H3,(H,20,22)/t10-,17?/m0/s1. The second-order valence-corrected chi connectivity index (χ2v) is 5.98. The molecule has 0 fully saturated rings. The van der Waals surface area contributed by atoms with E-state index in [1.165, 1.54) is 25.5 Å². The lowest BCUT2D eigenvalue weighted by molar-refractivity contribution is -0.142. The molecule has 2 atom stereocenters. The van der Waals surface area contributed by atoms with Gasteiger partial charge in [0.15, 0.2) is 5.60 Å². The normalized spacial score (nSPS) is 20.8. The number of hydrogen-bond acceptors (Lipinski definition) is 4. The number of hydrogen-bond donors (Lipinski definition) is 1. The molecule has 0 aromatic heterocycles. The van der Waals surface area contributed by atoms with E-state index < -0.39 is 35.2 Å². The quantitative estimate of drug-likeness (QED) is 0.838. The lowest BCUT2D eigenvalue weighted by Crippen LogP contribution is -2.48. The van der Waals surface area contributed by atoms with Crippen molar-refractivity contribution in [3.63, 3.8) is 0 Å². The van der Waals surface area contributed by atoms with Crippen molar-refractivity contribution in [3.8, 4) is 0 Å². The van der Waals surface area contributed by atoms with Crippen LogP contribution < -0.4 is 5.32 Å². The van der Waals surface area contributed by atoms with Crippen LogP contribution in [0.4, 0.5) is 8.78 Å². The minimum atomic E-state index is -1.21. The minimum Gasteiger partial charge on any atom is -0.485 e. The largest absolute Gasteiger partial charge is 0.485 e. The van der Waals surface area contributed by atoms with E-state index in [9.17, 15) is 18.4 Å². The van der Waals surface area contributed by atoms with Gasteiger partial charge in [0.05, 0.1) is 19.8 Å². The highest BCUT2D eigenvalue weighted by Gasteiger charge is 2.40. The zero-order valence-electron chi connectivity index (χ0n) is 13.7. The molecule has 1 aliphatic rings. The Bertz CT molecular complexity index is 669. The van der Waals surface area contributed by atoms with Crippen molar-refractivity contribution in [2.75, 3.05) is 7.11 Å². The molecule has 0 spiro atoms. The summed E-state index contributed by atoms with van der Waals surface area (Å²) < 4.78 is 36.7. The van der Waals surface area contributed by atoms with Gasteiger partial charge >= 0.3 is 5.97 Å². The van der Waals surface area contributed by atoms with Gasteiger partial charge in [-0.1, -0.05) is 0 Å². The molecule has 2 rings (SSSR count). The number of rotatable bonds is 5. The Balaban J connectivity index is 2.03. The van der Waals surface area contributed by atoms with Crippen LogP contribution in [0, 0.1) is 11.6 Å². The Labute approximate surface area is 138 Å². The Morgan fingerprint density at radius 3 is 2.54 bits per heavy atom. The van der Waals surface area contributed by atoms with Gasteiger partial charge in [0, 0.05) is 18.5 Å². The van der Waals surface area contributed by atoms with Gasteiger partial charge in [-0.15, -0.1) is 0 Å². The molecule has 24 heavy (non-hydrogen) atoms. The minimum absolute atomic E-state index is 0.0354. The number of benzene rings is 1. The highest BCUT2D eigenvalue weighted by Crippen LogP contribution is 2.35. The van der Waals surface area contributed by atoms with Gasteiger partial charge < -0.3 is 14.8 Å². The molecule has 1 aromatic carbocycles. The van der Waals surface area contributed by atoms with Crippen LogP contribution in [0.25, 0.3) is 5.57 Å². The molecule has 0 saturated heterocycles. The zero-order valence-corrected chi connectivity index (χ0v) is 13.7. The summed E-state index contributed by atoms with van der Waals surface area (Å²) in [6, 6.07) is 2.71. The summed E-state index contributed by atoms with van der Waals surface area (Å²) >= 11 is 0. The first-order valence-electron chi connectivity index (χ1n) is 7.44. The first kappa shape index (κ1) is 17.9. The van der Waals surface area contributed by atoms with E-state index >= 15 is 0 Å². The number of esters is 1. The first-order valence-corrected chi connectivity index (χ1v) is 7.44. The molecule has 5 nitrogen and oxygen atoms in total. The second-order valence-electron chi connectivity index (χ2n) is 5.98. The molecule has 0 radical (unpaired) electrons. The van der Waals surface area contributed by atoms with Crippen molar-refractivity contribution in [2.45, 2.75) is 38.3 Å². The predicted molar refractivity (Wildman–Crippen MR) is 82.7 cm³/mol. The third-order valence-electron chi connectivity index (χ3n) is 3.78. The van der Waals surface area contributed by atoms with Crippen LogP contribution in [-0.4, -0.2) is 30.6 Å². The fourth-order valence-electron chi connectivity index (χ4n) is 2.45. The van der Waals surface area contributed by atoms with E-state index in [1.54, 1.807) is 13.8 Å². The third-order valence-corrected chi connectivity index (χ3v) is 3.78. The van der Waals surface area contributed by atoms with Gasteiger partial charge in [-0.2, -0.15) is 0 Å². The van der Waals surface area contributed by atoms with Crippen LogP contribution in [0.3, 0.4) is 0 Å². The van der Waals surface area contributed by atoms with Gasteiger partial charge in [-0.05, 0) is 37.1 Å². The van der Waals surface area contributed by atoms with Gasteiger partial charge in [0.25, 0.3) is 5.91 Å². The number of amides is 1. The van der Waals surface area contributed by atoms with Crippen LogP contribution in [-0.2, 0) is 19.1 Å². The van der Waals surface area contributed by atoms with Crippen molar-refractivity contribution in [1.29, 1.82) is 0 Å². The van der Waals surface area contributed by atoms with Crippen LogP contribution >= 0.6 is 0 Å². The monoisotopic (exact) mass is 339 g/mol. The van der Waals surface area contributed by atoms with Crippen molar-refractivity contribution >= 4 is 17.4 Å². The van der Waals surface area contributed by atoms with Gasteiger partial charge in [-0.25, -0.2) is 8.78 Å². The molecular weight excluding hydrogens is 320 g/mol. The molecule has 1 unspecified atom stereocenters. The number of halogens is 2. The van der Waals surface area contributed by atoms with Crippen molar-refractivity contribution in [1.82, 2.24) is 5.32 Å². The number of methoxy groups -OCH3 is 1. The Morgan fingerprint density at radius 2 is 1.96 bits per heavy atom. The maximum Gasteiger partial charge on any atom is 0.307 e. The summed E-state index contributed by atoms with van der Waals surface area (Å²) in [5.41, 5.74) is -0.360. The van der Waals surface area contributed by atoms with Gasteiger partial charge in [0.2, 0.25) is 0 Å². The predicted octanol–water partition coefficient (Wildman–Crippen LogP) is 2.55. The summed E-state index contributed by atoms with van der Waals surface area (Å²) in [4.78, 5) is 23.6. The summed E-state index contributed by atoms with van der Waals surface area (Å²) in [6.45, 7) is 3.25. The maximum atomic E-state index is 13.3. The summed E-state index contributed by atoms with van der Waals surface area (Å²) in [6.07, 6.45) is 1.53. The third kappa shape index (κ3) is 4.10. The SMILES string of the molecule is COC(=O)C[C@H](C)NC(=O)C1(C)CC(c2cc(F)cc(F)c2)=CO1. The highest BCUT2D eigenvalue weighted by atomic mass is 19.1. The summed E-state index contributed by atoms with van der Waals surface area (Å²) in [5.74, 6) is -2.25. The first-order chi connectivity index (χ1) is 11.2. The molecular formula is C17H19F2NO4. The maximum absolute atomic E-state index is 13.3. The average molecular weight is 339 g/mol. The van der Waals surface area contributed by atoms with E-state index in [-0.39, 0.29) is 12.8 Å². The Kier molecular flexibility index (Phi) is 5.21. The molecule has 1 amide bonds. The van der Waals surface area contributed by atoms with Crippen LogP contribution in [0.2, 0.25) is 0 Å². The van der Waals surface area contributed by atoms with Gasteiger partial charge in [-0.3, -0.25) is 9.59 Å². The molecule has 130 valence electrons. The lowest BCUT2D eigenvalue weighted by Gasteiger charge is -2.25. The van der Waals surface area contributed by atoms with Crippen LogP contribution in [0.15, 0.2) is 24.5 Å². The molecule has 1 N–H and O–H groups in total. The highest BCUT2D eigenvalue weighted by molar-refractivity contribution is 5.89. The molecule has 1 aromatic rings. The van der Waals surface area contributed by atoms with Crippen molar-refractivity contribution < 1.29 is 27.8 Å². The average Bonchev–Trinajstić information content (AvgIpc) is 2.90. The van der Waals surface area contributed by atoms with Crippen molar-refractivity contribution in [3.05, 3.63) is 41.7 Å². The fourth-order valence-corrected chi connectivity index (χ4v) is 2.45. The van der Waals surface area contributed by atoms with Gasteiger partial charge in [0.1, 0.15) is 11.6 Å². The molecule has 0 aliphatic carbocycles. The van der Waals surface area contributed by atoms with Crippen LogP contribution in [0.5, 0.6) is 0 Å². The molecule has 1 aliphatic heterocycles. The fraction of sp³-hybridized carbons (Fsp3) is 0.412. The van der Waals surface area contributed by atoms with E-state index in [1.807, 2.05) is 0 Å². The van der Waals surface area contributed by atoms with Crippen LogP contribution in [0.1, 0.15) is 32.3 Å². The van der Waals surface area contributed by atoms with E-state index in [2.05, 4.69) is 10.1 Å². The number of ether oxygens (including phenoxy) is 2. The second kappa shape index (κ2) is 6.98.